The highest BCUT2D eigenvalue weighted by Crippen LogP contribution is 2.30. The minimum Gasteiger partial charge on any atom is -0.354 e. The minimum absolute atomic E-state index is 0.178. The van der Waals surface area contributed by atoms with Gasteiger partial charge in [-0.15, -0.1) is 0 Å². The molecule has 0 bridgehead atoms. The quantitative estimate of drug-likeness (QED) is 0.800. The zero-order chi connectivity index (χ0) is 16.5. The van der Waals surface area contributed by atoms with E-state index in [1.807, 2.05) is 18.2 Å². The topological polar surface area (TPSA) is 18.8 Å². The second kappa shape index (κ2) is 6.36. The lowest BCUT2D eigenvalue weighted by Crippen LogP contribution is -2.48. The lowest BCUT2D eigenvalue weighted by atomic mass is 9.99. The largest absolute Gasteiger partial charge is 0.354 e. The molecule has 3 nitrogen and oxygen atoms in total. The van der Waals surface area contributed by atoms with Gasteiger partial charge in [-0.1, -0.05) is 25.1 Å². The molecule has 0 N–H and O–H groups in total. The number of amidine groups is 1. The first-order valence-electron chi connectivity index (χ1n) is 8.67. The minimum atomic E-state index is -0.178. The van der Waals surface area contributed by atoms with Gasteiger partial charge in [-0.2, -0.15) is 0 Å². The smallest absolute Gasteiger partial charge is 0.136 e. The van der Waals surface area contributed by atoms with Crippen LogP contribution in [-0.4, -0.2) is 48.4 Å². The van der Waals surface area contributed by atoms with Gasteiger partial charge in [0.15, 0.2) is 0 Å². The number of nitrogens with zero attached hydrogens (tertiary/aromatic N) is 3. The molecule has 24 heavy (non-hydrogen) atoms. The van der Waals surface area contributed by atoms with Gasteiger partial charge in [0.2, 0.25) is 0 Å². The van der Waals surface area contributed by atoms with Gasteiger partial charge in [-0.25, -0.2) is 9.38 Å². The normalized spacial score (nSPS) is 17.8. The van der Waals surface area contributed by atoms with Crippen molar-refractivity contribution in [3.63, 3.8) is 0 Å². The molecular formula is C20H22FN3. The molecule has 0 aromatic heterocycles. The maximum atomic E-state index is 13.8. The van der Waals surface area contributed by atoms with E-state index in [2.05, 4.69) is 28.9 Å². The van der Waals surface area contributed by atoms with E-state index in [-0.39, 0.29) is 5.82 Å². The number of likely N-dealkylation sites (N-methyl/N-ethyl adjacent to an activating group) is 1. The third-order valence-corrected chi connectivity index (χ3v) is 5.03. The van der Waals surface area contributed by atoms with Crippen molar-refractivity contribution in [3.8, 4) is 0 Å². The van der Waals surface area contributed by atoms with E-state index in [0.29, 0.717) is 0 Å². The lowest BCUT2D eigenvalue weighted by molar-refractivity contribution is 0.190. The van der Waals surface area contributed by atoms with E-state index >= 15 is 0 Å². The number of piperazine rings is 1. The highest BCUT2D eigenvalue weighted by Gasteiger charge is 2.24. The van der Waals surface area contributed by atoms with Crippen LogP contribution >= 0.6 is 0 Å². The van der Waals surface area contributed by atoms with E-state index in [1.54, 1.807) is 12.1 Å². The first-order chi connectivity index (χ1) is 11.7. The van der Waals surface area contributed by atoms with Crippen molar-refractivity contribution in [2.45, 2.75) is 13.3 Å². The van der Waals surface area contributed by atoms with Crippen LogP contribution in [0, 0.1) is 5.82 Å². The molecule has 4 heteroatoms. The number of halogens is 1. The molecule has 0 atom stereocenters. The van der Waals surface area contributed by atoms with Crippen LogP contribution in [0.25, 0.3) is 0 Å². The zero-order valence-corrected chi connectivity index (χ0v) is 14.0. The maximum absolute atomic E-state index is 13.8. The fraction of sp³-hybridized carbons (Fsp3) is 0.350. The third-order valence-electron chi connectivity index (χ3n) is 5.03. The Morgan fingerprint density at radius 1 is 1.00 bits per heavy atom. The van der Waals surface area contributed by atoms with Crippen molar-refractivity contribution >= 4 is 11.5 Å². The van der Waals surface area contributed by atoms with Gasteiger partial charge in [-0.05, 0) is 41.9 Å². The van der Waals surface area contributed by atoms with Crippen LogP contribution in [0.15, 0.2) is 47.5 Å². The Labute approximate surface area is 142 Å². The van der Waals surface area contributed by atoms with Crippen LogP contribution in [-0.2, 0) is 6.42 Å². The number of rotatable bonds is 1. The summed E-state index contributed by atoms with van der Waals surface area (Å²) in [5.41, 5.74) is 4.25. The van der Waals surface area contributed by atoms with Crippen molar-refractivity contribution in [2.24, 2.45) is 4.99 Å². The number of hydrogen-bond acceptors (Lipinski definition) is 3. The lowest BCUT2D eigenvalue weighted by Gasteiger charge is -2.36. The molecule has 4 rings (SSSR count). The molecule has 2 aromatic carbocycles. The van der Waals surface area contributed by atoms with Crippen LogP contribution in [0.4, 0.5) is 10.1 Å². The monoisotopic (exact) mass is 323 g/mol. The molecule has 0 unspecified atom stereocenters. The van der Waals surface area contributed by atoms with Gasteiger partial charge >= 0.3 is 0 Å². The summed E-state index contributed by atoms with van der Waals surface area (Å²) in [7, 11) is 0. The number of para-hydroxylation sites is 1. The molecule has 0 amide bonds. The van der Waals surface area contributed by atoms with Crippen molar-refractivity contribution in [3.05, 3.63) is 65.0 Å². The molecule has 0 spiro atoms. The van der Waals surface area contributed by atoms with Gasteiger partial charge < -0.3 is 9.80 Å². The Kier molecular flexibility index (Phi) is 4.07. The molecular weight excluding hydrogens is 301 g/mol. The number of benzene rings is 2. The number of fused-ring (bicyclic) bond motifs is 2. The van der Waals surface area contributed by atoms with Gasteiger partial charge in [0.05, 0.1) is 5.69 Å². The predicted octanol–water partition coefficient (Wildman–Crippen LogP) is 3.45. The second-order valence-electron chi connectivity index (χ2n) is 6.46. The van der Waals surface area contributed by atoms with E-state index in [1.165, 1.54) is 0 Å². The van der Waals surface area contributed by atoms with Crippen molar-refractivity contribution in [1.82, 2.24) is 9.80 Å². The molecule has 2 aromatic rings. The van der Waals surface area contributed by atoms with E-state index in [4.69, 9.17) is 4.99 Å². The summed E-state index contributed by atoms with van der Waals surface area (Å²) >= 11 is 0. The first-order valence-corrected chi connectivity index (χ1v) is 8.67. The van der Waals surface area contributed by atoms with Crippen molar-refractivity contribution in [1.29, 1.82) is 0 Å². The van der Waals surface area contributed by atoms with E-state index < -0.39 is 0 Å². The Morgan fingerprint density at radius 2 is 1.79 bits per heavy atom. The summed E-state index contributed by atoms with van der Waals surface area (Å²) in [4.78, 5) is 9.79. The molecule has 0 radical (unpaired) electrons. The van der Waals surface area contributed by atoms with Gasteiger partial charge in [-0.3, -0.25) is 0 Å². The summed E-state index contributed by atoms with van der Waals surface area (Å²) in [6, 6.07) is 13.3. The molecule has 0 aliphatic carbocycles. The fourth-order valence-corrected chi connectivity index (χ4v) is 3.59. The van der Waals surface area contributed by atoms with Crippen LogP contribution in [0.5, 0.6) is 0 Å². The number of aliphatic imine (C=N–C) groups is 1. The third kappa shape index (κ3) is 2.82. The van der Waals surface area contributed by atoms with Crippen LogP contribution < -0.4 is 0 Å². The molecule has 2 aliphatic heterocycles. The molecule has 0 saturated carbocycles. The average Bonchev–Trinajstić information content (AvgIpc) is 2.77. The maximum Gasteiger partial charge on any atom is 0.136 e. The summed E-state index contributed by atoms with van der Waals surface area (Å²) < 4.78 is 13.8. The molecule has 1 fully saturated rings. The molecule has 2 heterocycles. The first kappa shape index (κ1) is 15.3. The summed E-state index contributed by atoms with van der Waals surface area (Å²) in [6.45, 7) is 7.32. The Hall–Kier alpha value is -2.20. The SMILES string of the molecule is CCN1CCN(C2=Nc3ccccc3Cc3cc(F)ccc32)CC1. The molecule has 124 valence electrons. The summed E-state index contributed by atoms with van der Waals surface area (Å²) in [6.07, 6.45) is 0.727. The van der Waals surface area contributed by atoms with Crippen molar-refractivity contribution < 1.29 is 4.39 Å². The highest BCUT2D eigenvalue weighted by molar-refractivity contribution is 6.02. The van der Waals surface area contributed by atoms with Crippen molar-refractivity contribution in [2.75, 3.05) is 32.7 Å². The second-order valence-corrected chi connectivity index (χ2v) is 6.46. The molecule has 2 aliphatic rings. The molecule has 1 saturated heterocycles. The summed E-state index contributed by atoms with van der Waals surface area (Å²) in [5, 5.41) is 0. The van der Waals surface area contributed by atoms with Crippen LogP contribution in [0.3, 0.4) is 0 Å². The van der Waals surface area contributed by atoms with E-state index in [9.17, 15) is 4.39 Å². The summed E-state index contributed by atoms with van der Waals surface area (Å²) in [5.74, 6) is 0.814. The van der Waals surface area contributed by atoms with E-state index in [0.717, 1.165) is 67.4 Å². The standard InChI is InChI=1S/C20H22FN3/c1-2-23-9-11-24(12-10-23)20-18-8-7-17(21)14-16(18)13-15-5-3-4-6-19(15)22-20/h3-8,14H,2,9-13H2,1H3. The Bertz CT molecular complexity index is 776. The fourth-order valence-electron chi connectivity index (χ4n) is 3.59. The zero-order valence-electron chi connectivity index (χ0n) is 14.0. The van der Waals surface area contributed by atoms with Gasteiger partial charge in [0.1, 0.15) is 11.7 Å². The Morgan fingerprint density at radius 3 is 2.58 bits per heavy atom. The van der Waals surface area contributed by atoms with Crippen LogP contribution in [0.1, 0.15) is 23.6 Å². The predicted molar refractivity (Wildman–Crippen MR) is 95.5 cm³/mol. The Balaban J connectivity index is 1.77. The highest BCUT2D eigenvalue weighted by atomic mass is 19.1. The van der Waals surface area contributed by atoms with Gasteiger partial charge in [0, 0.05) is 38.2 Å². The van der Waals surface area contributed by atoms with Gasteiger partial charge in [0.25, 0.3) is 0 Å². The number of hydrogen-bond donors (Lipinski definition) is 0. The average molecular weight is 323 g/mol. The van der Waals surface area contributed by atoms with Crippen LogP contribution in [0.2, 0.25) is 0 Å².